The van der Waals surface area contributed by atoms with Crippen molar-refractivity contribution in [2.24, 2.45) is 0 Å². The third kappa shape index (κ3) is 1.86. The summed E-state index contributed by atoms with van der Waals surface area (Å²) in [5.74, 6) is 0.918. The van der Waals surface area contributed by atoms with E-state index in [-0.39, 0.29) is 0 Å². The fourth-order valence-corrected chi connectivity index (χ4v) is 1.15. The molecule has 13 heavy (non-hydrogen) atoms. The Labute approximate surface area is 78.2 Å². The molecular weight excluding hydrogens is 162 g/mol. The lowest BCUT2D eigenvalue weighted by atomic mass is 10.3. The summed E-state index contributed by atoms with van der Waals surface area (Å²) in [7, 11) is 0. The molecule has 0 saturated carbocycles. The first-order valence-corrected chi connectivity index (χ1v) is 4.55. The summed E-state index contributed by atoms with van der Waals surface area (Å²) in [5.41, 5.74) is 3.04. The summed E-state index contributed by atoms with van der Waals surface area (Å²) in [6.45, 7) is 7.97. The van der Waals surface area contributed by atoms with Gasteiger partial charge in [-0.2, -0.15) is 0 Å². The van der Waals surface area contributed by atoms with Crippen molar-refractivity contribution >= 4 is 11.2 Å². The molecule has 0 aliphatic heterocycles. The lowest BCUT2D eigenvalue weighted by molar-refractivity contribution is 1.16. The number of nitrogens with one attached hydrogen (secondary N) is 1. The molecule has 2 aromatic heterocycles. The zero-order valence-electron chi connectivity index (χ0n) is 8.55. The minimum atomic E-state index is 0.808. The summed E-state index contributed by atoms with van der Waals surface area (Å²) >= 11 is 0. The van der Waals surface area contributed by atoms with E-state index in [1.165, 1.54) is 5.56 Å². The van der Waals surface area contributed by atoms with Gasteiger partial charge in [0.15, 0.2) is 5.65 Å². The van der Waals surface area contributed by atoms with Gasteiger partial charge in [0.2, 0.25) is 0 Å². The minimum Gasteiger partial charge on any atom is -0.341 e. The van der Waals surface area contributed by atoms with E-state index in [2.05, 4.69) is 15.0 Å². The van der Waals surface area contributed by atoms with Crippen LogP contribution in [-0.2, 0) is 0 Å². The molecule has 0 aromatic carbocycles. The predicted molar refractivity (Wildman–Crippen MR) is 54.7 cm³/mol. The van der Waals surface area contributed by atoms with E-state index in [0.29, 0.717) is 0 Å². The summed E-state index contributed by atoms with van der Waals surface area (Å²) in [6.07, 6.45) is 1.78. The van der Waals surface area contributed by atoms with Crippen LogP contribution in [0.2, 0.25) is 0 Å². The molecule has 0 radical (unpaired) electrons. The highest BCUT2D eigenvalue weighted by Crippen LogP contribution is 2.11. The second-order valence-electron chi connectivity index (χ2n) is 2.65. The van der Waals surface area contributed by atoms with Gasteiger partial charge in [-0.05, 0) is 25.5 Å². The third-order valence-electron chi connectivity index (χ3n) is 1.72. The molecule has 3 nitrogen and oxygen atoms in total. The van der Waals surface area contributed by atoms with Crippen molar-refractivity contribution in [3.8, 4) is 0 Å². The minimum absolute atomic E-state index is 0.808. The maximum Gasteiger partial charge on any atom is 0.177 e. The van der Waals surface area contributed by atoms with Crippen molar-refractivity contribution in [1.29, 1.82) is 0 Å². The fraction of sp³-hybridized carbons (Fsp3) is 0.400. The Kier molecular flexibility index (Phi) is 3.01. The number of imidazole rings is 1. The maximum atomic E-state index is 4.21. The van der Waals surface area contributed by atoms with E-state index in [1.807, 2.05) is 33.8 Å². The molecule has 0 atom stereocenters. The molecule has 0 fully saturated rings. The first kappa shape index (κ1) is 9.71. The number of pyridine rings is 1. The van der Waals surface area contributed by atoms with Crippen LogP contribution in [0.3, 0.4) is 0 Å². The van der Waals surface area contributed by atoms with Gasteiger partial charge in [0.05, 0.1) is 5.52 Å². The van der Waals surface area contributed by atoms with Crippen LogP contribution in [0, 0.1) is 13.8 Å². The molecule has 0 aliphatic carbocycles. The van der Waals surface area contributed by atoms with Gasteiger partial charge >= 0.3 is 0 Å². The second-order valence-corrected chi connectivity index (χ2v) is 2.65. The average Bonchev–Trinajstić information content (AvgIpc) is 2.51. The normalized spacial score (nSPS) is 9.54. The monoisotopic (exact) mass is 177 g/mol. The smallest absolute Gasteiger partial charge is 0.177 e. The molecule has 0 spiro atoms. The van der Waals surface area contributed by atoms with Crippen molar-refractivity contribution < 1.29 is 0 Å². The van der Waals surface area contributed by atoms with Crippen molar-refractivity contribution in [3.63, 3.8) is 0 Å². The number of hydrogen-bond donors (Lipinski definition) is 1. The second kappa shape index (κ2) is 4.03. The number of hydrogen-bond acceptors (Lipinski definition) is 2. The molecule has 0 aliphatic rings. The molecule has 0 unspecified atom stereocenters. The summed E-state index contributed by atoms with van der Waals surface area (Å²) < 4.78 is 0. The van der Waals surface area contributed by atoms with Crippen LogP contribution in [0.5, 0.6) is 0 Å². The highest BCUT2D eigenvalue weighted by atomic mass is 15.0. The molecule has 2 heterocycles. The van der Waals surface area contributed by atoms with Crippen molar-refractivity contribution in [2.45, 2.75) is 27.7 Å². The van der Waals surface area contributed by atoms with Crippen LogP contribution in [0.1, 0.15) is 25.2 Å². The Morgan fingerprint density at radius 3 is 2.54 bits per heavy atom. The van der Waals surface area contributed by atoms with E-state index >= 15 is 0 Å². The van der Waals surface area contributed by atoms with E-state index < -0.39 is 0 Å². The maximum absolute atomic E-state index is 4.21. The van der Waals surface area contributed by atoms with Gasteiger partial charge in [-0.1, -0.05) is 13.8 Å². The van der Waals surface area contributed by atoms with Gasteiger partial charge in [0.1, 0.15) is 5.82 Å². The quantitative estimate of drug-likeness (QED) is 0.672. The molecule has 1 N–H and O–H groups in total. The SMILES string of the molecule is CC.Cc1nc2nccc(C)c2[nH]1. The molecule has 70 valence electrons. The largest absolute Gasteiger partial charge is 0.341 e. The van der Waals surface area contributed by atoms with Gasteiger partial charge in [0, 0.05) is 6.20 Å². The number of aromatic nitrogens is 3. The number of aryl methyl sites for hydroxylation is 2. The number of nitrogens with zero attached hydrogens (tertiary/aromatic N) is 2. The predicted octanol–water partition coefficient (Wildman–Crippen LogP) is 2.60. The lowest BCUT2D eigenvalue weighted by Crippen LogP contribution is -1.78. The Balaban J connectivity index is 0.000000396. The molecule has 0 bridgehead atoms. The zero-order valence-corrected chi connectivity index (χ0v) is 8.55. The van der Waals surface area contributed by atoms with Crippen LogP contribution in [0.4, 0.5) is 0 Å². The van der Waals surface area contributed by atoms with E-state index in [4.69, 9.17) is 0 Å². The third-order valence-corrected chi connectivity index (χ3v) is 1.72. The standard InChI is InChI=1S/C8H9N3.C2H6/c1-5-3-4-9-8-7(5)10-6(2)11-8;1-2/h3-4H,1-2H3,(H,9,10,11);1-2H3. The Morgan fingerprint density at radius 1 is 1.23 bits per heavy atom. The van der Waals surface area contributed by atoms with Crippen molar-refractivity contribution in [1.82, 2.24) is 15.0 Å². The summed E-state index contributed by atoms with van der Waals surface area (Å²) in [6, 6.07) is 1.97. The van der Waals surface area contributed by atoms with E-state index in [1.54, 1.807) is 6.20 Å². The highest BCUT2D eigenvalue weighted by molar-refractivity contribution is 5.74. The summed E-state index contributed by atoms with van der Waals surface area (Å²) in [4.78, 5) is 11.5. The molecular formula is C10H15N3. The molecule has 3 heteroatoms. The summed E-state index contributed by atoms with van der Waals surface area (Å²) in [5, 5.41) is 0. The number of aromatic amines is 1. The Hall–Kier alpha value is -1.38. The Morgan fingerprint density at radius 2 is 1.92 bits per heavy atom. The topological polar surface area (TPSA) is 41.6 Å². The lowest BCUT2D eigenvalue weighted by Gasteiger charge is -1.90. The van der Waals surface area contributed by atoms with Gasteiger partial charge in [0.25, 0.3) is 0 Å². The number of rotatable bonds is 0. The van der Waals surface area contributed by atoms with Gasteiger partial charge in [-0.25, -0.2) is 9.97 Å². The first-order valence-electron chi connectivity index (χ1n) is 4.55. The van der Waals surface area contributed by atoms with E-state index in [9.17, 15) is 0 Å². The highest BCUT2D eigenvalue weighted by Gasteiger charge is 2.00. The van der Waals surface area contributed by atoms with Crippen LogP contribution < -0.4 is 0 Å². The molecule has 2 rings (SSSR count). The van der Waals surface area contributed by atoms with Crippen molar-refractivity contribution in [3.05, 3.63) is 23.7 Å². The van der Waals surface area contributed by atoms with Gasteiger partial charge < -0.3 is 4.98 Å². The van der Waals surface area contributed by atoms with E-state index in [0.717, 1.165) is 17.0 Å². The van der Waals surface area contributed by atoms with Crippen LogP contribution in [0.15, 0.2) is 12.3 Å². The van der Waals surface area contributed by atoms with Gasteiger partial charge in [-0.3, -0.25) is 0 Å². The van der Waals surface area contributed by atoms with Crippen LogP contribution >= 0.6 is 0 Å². The molecule has 0 saturated heterocycles. The molecule has 2 aromatic rings. The number of fused-ring (bicyclic) bond motifs is 1. The van der Waals surface area contributed by atoms with Crippen LogP contribution in [0.25, 0.3) is 11.2 Å². The number of H-pyrrole nitrogens is 1. The van der Waals surface area contributed by atoms with Gasteiger partial charge in [-0.15, -0.1) is 0 Å². The molecule has 0 amide bonds. The Bertz CT molecular complexity index is 390. The fourth-order valence-electron chi connectivity index (χ4n) is 1.15. The first-order chi connectivity index (χ1) is 6.27. The average molecular weight is 177 g/mol. The van der Waals surface area contributed by atoms with Crippen LogP contribution in [-0.4, -0.2) is 15.0 Å². The zero-order chi connectivity index (χ0) is 9.84. The van der Waals surface area contributed by atoms with Crippen molar-refractivity contribution in [2.75, 3.05) is 0 Å².